The van der Waals surface area contributed by atoms with E-state index in [4.69, 9.17) is 0 Å². The van der Waals surface area contributed by atoms with Gasteiger partial charge in [-0.05, 0) is 24.3 Å². The van der Waals surface area contributed by atoms with Crippen LogP contribution in [-0.2, 0) is 16.4 Å². The molecule has 0 saturated heterocycles. The molecule has 130 valence electrons. The van der Waals surface area contributed by atoms with Crippen LogP contribution < -0.4 is 5.32 Å². The van der Waals surface area contributed by atoms with Gasteiger partial charge in [0.05, 0.1) is 17.1 Å². The Morgan fingerprint density at radius 3 is 2.36 bits per heavy atom. The average Bonchev–Trinajstić information content (AvgIpc) is 3.10. The van der Waals surface area contributed by atoms with Crippen molar-refractivity contribution in [3.8, 4) is 10.6 Å². The van der Waals surface area contributed by atoms with Crippen LogP contribution in [0.5, 0.6) is 0 Å². The van der Waals surface area contributed by atoms with Crippen LogP contribution >= 0.6 is 11.3 Å². The van der Waals surface area contributed by atoms with Gasteiger partial charge in [0, 0.05) is 16.6 Å². The molecule has 0 aliphatic rings. The summed E-state index contributed by atoms with van der Waals surface area (Å²) in [7, 11) is -4.56. The lowest BCUT2D eigenvalue weighted by Crippen LogP contribution is -2.11. The van der Waals surface area contributed by atoms with E-state index in [2.05, 4.69) is 10.3 Å². The summed E-state index contributed by atoms with van der Waals surface area (Å²) in [5, 5.41) is 5.94. The summed E-state index contributed by atoms with van der Waals surface area (Å²) in [6.07, 6.45) is 0. The van der Waals surface area contributed by atoms with Crippen LogP contribution in [0.25, 0.3) is 10.6 Å². The van der Waals surface area contributed by atoms with Crippen molar-refractivity contribution in [3.05, 3.63) is 65.7 Å². The van der Waals surface area contributed by atoms with Gasteiger partial charge in [-0.1, -0.05) is 30.3 Å². The number of nitrogens with zero attached hydrogens (tertiary/aromatic N) is 1. The van der Waals surface area contributed by atoms with E-state index in [0.717, 1.165) is 16.3 Å². The van der Waals surface area contributed by atoms with Crippen molar-refractivity contribution in [2.75, 3.05) is 5.32 Å². The Kier molecular flexibility index (Phi) is 5.10. The van der Waals surface area contributed by atoms with Crippen molar-refractivity contribution in [1.82, 2.24) is 4.98 Å². The predicted molar refractivity (Wildman–Crippen MR) is 94.5 cm³/mol. The topological polar surface area (TPSA) is 59.1 Å². The molecule has 25 heavy (non-hydrogen) atoms. The van der Waals surface area contributed by atoms with E-state index in [0.29, 0.717) is 12.2 Å². The zero-order valence-corrected chi connectivity index (χ0v) is 14.5. The summed E-state index contributed by atoms with van der Waals surface area (Å²) in [6, 6.07) is 15.1. The fourth-order valence-corrected chi connectivity index (χ4v) is 3.71. The lowest BCUT2D eigenvalue weighted by molar-refractivity contribution is 0.234. The number of sulfone groups is 1. The van der Waals surface area contributed by atoms with Gasteiger partial charge >= 0.3 is 5.76 Å². The first-order valence-corrected chi connectivity index (χ1v) is 9.75. The molecule has 0 aliphatic carbocycles. The van der Waals surface area contributed by atoms with E-state index < -0.39 is 20.5 Å². The summed E-state index contributed by atoms with van der Waals surface area (Å²) in [4.78, 5) is 4.14. The van der Waals surface area contributed by atoms with Gasteiger partial charge < -0.3 is 5.32 Å². The number of rotatable bonds is 6. The minimum atomic E-state index is -4.56. The van der Waals surface area contributed by atoms with Crippen LogP contribution in [0.15, 0.2) is 64.9 Å². The lowest BCUT2D eigenvalue weighted by atomic mass is 10.2. The van der Waals surface area contributed by atoms with Crippen molar-refractivity contribution >= 4 is 26.9 Å². The summed E-state index contributed by atoms with van der Waals surface area (Å²) in [6.45, 7) is 0.449. The van der Waals surface area contributed by atoms with Crippen molar-refractivity contribution in [1.29, 1.82) is 0 Å². The third kappa shape index (κ3) is 4.02. The molecule has 2 aromatic carbocycles. The third-order valence-electron chi connectivity index (χ3n) is 3.46. The number of benzene rings is 2. The first-order valence-electron chi connectivity index (χ1n) is 7.32. The smallest absolute Gasteiger partial charge is 0.341 e. The molecule has 0 bridgehead atoms. The first-order chi connectivity index (χ1) is 12.0. The minimum Gasteiger partial charge on any atom is -0.379 e. The fourth-order valence-electron chi connectivity index (χ4n) is 2.16. The van der Waals surface area contributed by atoms with Gasteiger partial charge in [-0.2, -0.15) is 8.78 Å². The molecule has 8 heteroatoms. The molecule has 0 unspecified atom stereocenters. The van der Waals surface area contributed by atoms with Crippen molar-refractivity contribution in [2.45, 2.75) is 17.2 Å². The molecule has 0 radical (unpaired) electrons. The molecule has 0 fully saturated rings. The number of hydrogen-bond acceptors (Lipinski definition) is 5. The van der Waals surface area contributed by atoms with Crippen LogP contribution in [0.1, 0.15) is 5.69 Å². The lowest BCUT2D eigenvalue weighted by Gasteiger charge is -2.07. The molecule has 0 spiro atoms. The second kappa shape index (κ2) is 7.28. The van der Waals surface area contributed by atoms with Crippen molar-refractivity contribution in [2.24, 2.45) is 0 Å². The second-order valence-electron chi connectivity index (χ2n) is 5.19. The quantitative estimate of drug-likeness (QED) is 0.688. The molecule has 4 nitrogen and oxygen atoms in total. The molecule has 3 aromatic rings. The number of hydrogen-bond donors (Lipinski definition) is 1. The Labute approximate surface area is 148 Å². The monoisotopic (exact) mass is 380 g/mol. The Bertz CT molecular complexity index is 940. The van der Waals surface area contributed by atoms with Gasteiger partial charge in [-0.15, -0.1) is 11.3 Å². The minimum absolute atomic E-state index is 0.395. The molecular weight excluding hydrogens is 366 g/mol. The maximum absolute atomic E-state index is 12.5. The molecule has 0 amide bonds. The van der Waals surface area contributed by atoms with Crippen LogP contribution in [-0.4, -0.2) is 19.2 Å². The average molecular weight is 380 g/mol. The highest BCUT2D eigenvalue weighted by atomic mass is 32.2. The Balaban J connectivity index is 1.66. The Morgan fingerprint density at radius 1 is 1.04 bits per heavy atom. The largest absolute Gasteiger partial charge is 0.379 e. The zero-order valence-electron chi connectivity index (χ0n) is 12.9. The van der Waals surface area contributed by atoms with Crippen LogP contribution in [0.2, 0.25) is 0 Å². The highest BCUT2D eigenvalue weighted by Crippen LogP contribution is 2.24. The maximum atomic E-state index is 12.5. The van der Waals surface area contributed by atoms with Gasteiger partial charge in [-0.3, -0.25) is 0 Å². The SMILES string of the molecule is O=S(=O)(c1ccc(NCc2csc(-c3ccccc3)n2)cc1)C(F)F. The van der Waals surface area contributed by atoms with Crippen LogP contribution in [0.4, 0.5) is 14.5 Å². The van der Waals surface area contributed by atoms with E-state index in [1.807, 2.05) is 35.7 Å². The van der Waals surface area contributed by atoms with Gasteiger partial charge in [-0.25, -0.2) is 13.4 Å². The summed E-state index contributed by atoms with van der Waals surface area (Å²) < 4.78 is 47.8. The molecular formula is C17H14F2N2O2S2. The zero-order chi connectivity index (χ0) is 17.9. The van der Waals surface area contributed by atoms with Crippen LogP contribution in [0, 0.1) is 0 Å². The third-order valence-corrected chi connectivity index (χ3v) is 5.80. The number of aromatic nitrogens is 1. The Hall–Kier alpha value is -2.32. The van der Waals surface area contributed by atoms with Gasteiger partial charge in [0.2, 0.25) is 9.84 Å². The van der Waals surface area contributed by atoms with Gasteiger partial charge in [0.1, 0.15) is 5.01 Å². The van der Waals surface area contributed by atoms with Crippen molar-refractivity contribution in [3.63, 3.8) is 0 Å². The highest BCUT2D eigenvalue weighted by molar-refractivity contribution is 7.91. The second-order valence-corrected chi connectivity index (χ2v) is 7.97. The summed E-state index contributed by atoms with van der Waals surface area (Å²) in [5.74, 6) is -3.42. The normalized spacial score (nSPS) is 11.6. The Morgan fingerprint density at radius 2 is 1.72 bits per heavy atom. The van der Waals surface area contributed by atoms with Gasteiger partial charge in [0.15, 0.2) is 0 Å². The van der Waals surface area contributed by atoms with E-state index >= 15 is 0 Å². The molecule has 1 aromatic heterocycles. The number of thiazole rings is 1. The standard InChI is InChI=1S/C17H14F2N2O2S2/c18-17(19)25(22,23)15-8-6-13(7-9-15)20-10-14-11-24-16(21-14)12-4-2-1-3-5-12/h1-9,11,17,20H,10H2. The van der Waals surface area contributed by atoms with E-state index in [9.17, 15) is 17.2 Å². The highest BCUT2D eigenvalue weighted by Gasteiger charge is 2.26. The molecule has 1 N–H and O–H groups in total. The van der Waals surface area contributed by atoms with E-state index in [1.165, 1.54) is 35.6 Å². The number of alkyl halides is 2. The summed E-state index contributed by atoms with van der Waals surface area (Å²) in [5.41, 5.74) is 2.51. The maximum Gasteiger partial charge on any atom is 0.341 e. The van der Waals surface area contributed by atoms with Gasteiger partial charge in [0.25, 0.3) is 0 Å². The number of nitrogens with one attached hydrogen (secondary N) is 1. The molecule has 0 aliphatic heterocycles. The predicted octanol–water partition coefficient (Wildman–Crippen LogP) is 4.42. The number of anilines is 1. The fraction of sp³-hybridized carbons (Fsp3) is 0.118. The van der Waals surface area contributed by atoms with E-state index in [1.54, 1.807) is 0 Å². The number of halogens is 2. The molecule has 0 saturated carbocycles. The first kappa shape index (κ1) is 17.5. The van der Waals surface area contributed by atoms with Crippen molar-refractivity contribution < 1.29 is 17.2 Å². The molecule has 1 heterocycles. The van der Waals surface area contributed by atoms with E-state index in [-0.39, 0.29) is 0 Å². The molecule has 3 rings (SSSR count). The van der Waals surface area contributed by atoms with Crippen LogP contribution in [0.3, 0.4) is 0 Å². The molecule has 0 atom stereocenters. The summed E-state index contributed by atoms with van der Waals surface area (Å²) >= 11 is 1.53.